The summed E-state index contributed by atoms with van der Waals surface area (Å²) in [6.45, 7) is 10.3. The lowest BCUT2D eigenvalue weighted by Gasteiger charge is -2.42. The smallest absolute Gasteiger partial charge is 0.191 e. The van der Waals surface area contributed by atoms with Crippen molar-refractivity contribution in [2.24, 2.45) is 4.99 Å². The van der Waals surface area contributed by atoms with Crippen LogP contribution in [0.1, 0.15) is 39.0 Å². The number of nitrogens with zero attached hydrogens (tertiary/aromatic N) is 3. The van der Waals surface area contributed by atoms with Crippen molar-refractivity contribution in [2.45, 2.75) is 44.6 Å². The van der Waals surface area contributed by atoms with Crippen LogP contribution in [0.3, 0.4) is 0 Å². The van der Waals surface area contributed by atoms with E-state index in [-0.39, 0.29) is 24.0 Å². The summed E-state index contributed by atoms with van der Waals surface area (Å²) < 4.78 is 5.13. The lowest BCUT2D eigenvalue weighted by Crippen LogP contribution is -2.53. The van der Waals surface area contributed by atoms with Gasteiger partial charge in [0, 0.05) is 70.0 Å². The first-order valence-electron chi connectivity index (χ1n) is 10.7. The van der Waals surface area contributed by atoms with E-state index in [9.17, 15) is 0 Å². The molecule has 6 nitrogen and oxygen atoms in total. The fourth-order valence-corrected chi connectivity index (χ4v) is 5.07. The van der Waals surface area contributed by atoms with Crippen molar-refractivity contribution in [3.8, 4) is 0 Å². The fraction of sp³-hybridized carbons (Fsp3) is 0.950. The number of hydrogen-bond donors (Lipinski definition) is 2. The van der Waals surface area contributed by atoms with E-state index in [1.165, 1.54) is 50.3 Å². The molecular weight excluding hydrogens is 485 g/mol. The van der Waals surface area contributed by atoms with Gasteiger partial charge in [0.2, 0.25) is 0 Å². The number of ether oxygens (including phenoxy) is 1. The summed E-state index contributed by atoms with van der Waals surface area (Å²) in [5, 5.41) is 6.96. The molecule has 2 rings (SSSR count). The summed E-state index contributed by atoms with van der Waals surface area (Å²) >= 11 is 2.09. The topological polar surface area (TPSA) is 52.1 Å². The van der Waals surface area contributed by atoms with Crippen molar-refractivity contribution in [3.05, 3.63) is 0 Å². The quantitative estimate of drug-likeness (QED) is 0.187. The van der Waals surface area contributed by atoms with E-state index < -0.39 is 0 Å². The van der Waals surface area contributed by atoms with E-state index in [0.29, 0.717) is 5.54 Å². The van der Waals surface area contributed by atoms with Gasteiger partial charge in [-0.15, -0.1) is 24.0 Å². The maximum atomic E-state index is 5.13. The first kappa shape index (κ1) is 26.3. The van der Waals surface area contributed by atoms with Gasteiger partial charge >= 0.3 is 0 Å². The van der Waals surface area contributed by atoms with Crippen LogP contribution in [0.5, 0.6) is 0 Å². The monoisotopic (exact) mass is 527 g/mol. The molecule has 0 atom stereocenters. The lowest BCUT2D eigenvalue weighted by molar-refractivity contribution is 0.112. The van der Waals surface area contributed by atoms with Crippen LogP contribution in [0, 0.1) is 0 Å². The first-order valence-corrected chi connectivity index (χ1v) is 11.9. The largest absolute Gasteiger partial charge is 0.385 e. The summed E-state index contributed by atoms with van der Waals surface area (Å²) in [6, 6.07) is 0. The molecule has 0 aromatic heterocycles. The van der Waals surface area contributed by atoms with Crippen molar-refractivity contribution in [1.82, 2.24) is 20.4 Å². The number of likely N-dealkylation sites (N-methyl/N-ethyl adjacent to an activating group) is 1. The standard InChI is InChI=1S/C20H41N5OS.HI/c1-4-21-19(22-10-12-24(2)11-7-15-26-3)23-18-20(8-5-6-9-20)25-13-16-27-17-14-25;/h4-18H2,1-3H3,(H2,21,22,23);1H. The van der Waals surface area contributed by atoms with Crippen LogP contribution in [0.25, 0.3) is 0 Å². The molecule has 0 spiro atoms. The Morgan fingerprint density at radius 1 is 1.18 bits per heavy atom. The minimum atomic E-state index is 0. The summed E-state index contributed by atoms with van der Waals surface area (Å²) in [7, 11) is 3.93. The van der Waals surface area contributed by atoms with Crippen LogP contribution >= 0.6 is 35.7 Å². The molecule has 2 N–H and O–H groups in total. The van der Waals surface area contributed by atoms with Crippen molar-refractivity contribution < 1.29 is 4.74 Å². The molecule has 0 radical (unpaired) electrons. The third kappa shape index (κ3) is 8.93. The second kappa shape index (κ2) is 15.1. The number of methoxy groups -OCH3 is 1. The van der Waals surface area contributed by atoms with E-state index in [1.54, 1.807) is 7.11 Å². The highest BCUT2D eigenvalue weighted by Crippen LogP contribution is 2.37. The molecule has 8 heteroatoms. The van der Waals surface area contributed by atoms with Gasteiger partial charge in [-0.3, -0.25) is 9.89 Å². The second-order valence-corrected chi connectivity index (χ2v) is 9.03. The highest BCUT2D eigenvalue weighted by atomic mass is 127. The molecule has 2 aliphatic rings. The van der Waals surface area contributed by atoms with Crippen LogP contribution in [0.15, 0.2) is 4.99 Å². The SMILES string of the molecule is CCNC(=NCC1(N2CCSCC2)CCCC1)NCCN(C)CCCOC.I. The predicted molar refractivity (Wildman–Crippen MR) is 133 cm³/mol. The lowest BCUT2D eigenvalue weighted by atomic mass is 9.95. The maximum Gasteiger partial charge on any atom is 0.191 e. The highest BCUT2D eigenvalue weighted by Gasteiger charge is 2.39. The number of thioether (sulfide) groups is 1. The minimum Gasteiger partial charge on any atom is -0.385 e. The summed E-state index contributed by atoms with van der Waals surface area (Å²) in [5.74, 6) is 3.53. The van der Waals surface area contributed by atoms with Crippen LogP contribution in [0.4, 0.5) is 0 Å². The third-order valence-electron chi connectivity index (χ3n) is 5.77. The summed E-state index contributed by atoms with van der Waals surface area (Å²) in [4.78, 5) is 10.1. The zero-order valence-electron chi connectivity index (χ0n) is 18.2. The number of nitrogens with one attached hydrogen (secondary N) is 2. The minimum absolute atomic E-state index is 0. The van der Waals surface area contributed by atoms with Crippen LogP contribution < -0.4 is 10.6 Å². The Labute approximate surface area is 194 Å². The Morgan fingerprint density at radius 3 is 2.54 bits per heavy atom. The zero-order valence-corrected chi connectivity index (χ0v) is 21.3. The first-order chi connectivity index (χ1) is 13.2. The van der Waals surface area contributed by atoms with E-state index in [0.717, 1.165) is 51.7 Å². The maximum absolute atomic E-state index is 5.13. The average molecular weight is 528 g/mol. The van der Waals surface area contributed by atoms with Gasteiger partial charge in [0.05, 0.1) is 6.54 Å². The Morgan fingerprint density at radius 2 is 1.89 bits per heavy atom. The van der Waals surface area contributed by atoms with Gasteiger partial charge in [0.15, 0.2) is 5.96 Å². The van der Waals surface area contributed by atoms with Crippen LogP contribution in [-0.2, 0) is 4.74 Å². The number of rotatable bonds is 11. The van der Waals surface area contributed by atoms with Gasteiger partial charge in [-0.25, -0.2) is 0 Å². The van der Waals surface area contributed by atoms with Crippen molar-refractivity contribution in [3.63, 3.8) is 0 Å². The molecule has 1 saturated heterocycles. The molecule has 0 amide bonds. The molecule has 0 bridgehead atoms. The summed E-state index contributed by atoms with van der Waals surface area (Å²) in [5.41, 5.74) is 0.306. The van der Waals surface area contributed by atoms with Gasteiger partial charge in [-0.2, -0.15) is 11.8 Å². The zero-order chi connectivity index (χ0) is 19.4. The van der Waals surface area contributed by atoms with E-state index in [1.807, 2.05) is 0 Å². The van der Waals surface area contributed by atoms with Gasteiger partial charge in [-0.05, 0) is 33.2 Å². The third-order valence-corrected chi connectivity index (χ3v) is 6.71. The molecule has 1 heterocycles. The Bertz CT molecular complexity index is 429. The molecule has 1 saturated carbocycles. The Hall–Kier alpha value is 0.230. The van der Waals surface area contributed by atoms with E-state index in [4.69, 9.17) is 9.73 Å². The molecule has 28 heavy (non-hydrogen) atoms. The average Bonchev–Trinajstić information content (AvgIpc) is 3.17. The predicted octanol–water partition coefficient (Wildman–Crippen LogP) is 2.49. The number of halogens is 1. The number of hydrogen-bond acceptors (Lipinski definition) is 5. The molecule has 0 unspecified atom stereocenters. The Kier molecular flexibility index (Phi) is 14.2. The highest BCUT2D eigenvalue weighted by molar-refractivity contribution is 14.0. The van der Waals surface area contributed by atoms with E-state index >= 15 is 0 Å². The number of guanidine groups is 1. The molecule has 2 fully saturated rings. The molecule has 1 aliphatic heterocycles. The normalized spacial score (nSPS) is 20.2. The second-order valence-electron chi connectivity index (χ2n) is 7.80. The van der Waals surface area contributed by atoms with Crippen LogP contribution in [0.2, 0.25) is 0 Å². The number of aliphatic imine (C=N–C) groups is 1. The van der Waals surface area contributed by atoms with Gasteiger partial charge in [0.1, 0.15) is 0 Å². The van der Waals surface area contributed by atoms with Crippen LogP contribution in [-0.4, -0.2) is 99.4 Å². The molecule has 0 aromatic carbocycles. The van der Waals surface area contributed by atoms with Gasteiger partial charge < -0.3 is 20.3 Å². The van der Waals surface area contributed by atoms with Crippen molar-refractivity contribution in [1.29, 1.82) is 0 Å². The molecule has 1 aliphatic carbocycles. The Balaban J connectivity index is 0.00000392. The van der Waals surface area contributed by atoms with E-state index in [2.05, 4.69) is 46.2 Å². The van der Waals surface area contributed by atoms with Crippen molar-refractivity contribution in [2.75, 3.05) is 78.1 Å². The molecule has 166 valence electrons. The van der Waals surface area contributed by atoms with Crippen molar-refractivity contribution >= 4 is 41.7 Å². The van der Waals surface area contributed by atoms with Gasteiger partial charge in [0.25, 0.3) is 0 Å². The summed E-state index contributed by atoms with van der Waals surface area (Å²) in [6.07, 6.45) is 6.41. The molecule has 0 aromatic rings. The molecular formula is C20H42IN5OS. The fourth-order valence-electron chi connectivity index (χ4n) is 4.17. The van der Waals surface area contributed by atoms with Gasteiger partial charge in [-0.1, -0.05) is 12.8 Å².